The summed E-state index contributed by atoms with van der Waals surface area (Å²) in [6.45, 7) is 5.79. The summed E-state index contributed by atoms with van der Waals surface area (Å²) in [4.78, 5) is 2.47. The standard InChI is InChI=1S/C12H26N2OS/c1-4-11(7-16-3)14(2)9-12(8-13)5-6-15-10-12/h11H,4-10,13H2,1-3H3. The number of hydrogen-bond acceptors (Lipinski definition) is 4. The van der Waals surface area contributed by atoms with Crippen LogP contribution in [0.4, 0.5) is 0 Å². The molecule has 16 heavy (non-hydrogen) atoms. The third-order valence-electron chi connectivity index (χ3n) is 3.66. The maximum atomic E-state index is 5.92. The topological polar surface area (TPSA) is 38.5 Å². The van der Waals surface area contributed by atoms with Crippen molar-refractivity contribution in [3.63, 3.8) is 0 Å². The molecule has 1 aliphatic heterocycles. The van der Waals surface area contributed by atoms with E-state index in [2.05, 4.69) is 25.1 Å². The Morgan fingerprint density at radius 1 is 1.56 bits per heavy atom. The first-order chi connectivity index (χ1) is 7.67. The minimum atomic E-state index is 0.209. The molecule has 0 radical (unpaired) electrons. The fourth-order valence-corrected chi connectivity index (χ4v) is 3.28. The normalized spacial score (nSPS) is 27.6. The van der Waals surface area contributed by atoms with Crippen LogP contribution in [0.2, 0.25) is 0 Å². The van der Waals surface area contributed by atoms with Gasteiger partial charge in [0.25, 0.3) is 0 Å². The smallest absolute Gasteiger partial charge is 0.0547 e. The van der Waals surface area contributed by atoms with Crippen molar-refractivity contribution in [2.24, 2.45) is 11.1 Å². The lowest BCUT2D eigenvalue weighted by atomic mass is 9.86. The van der Waals surface area contributed by atoms with E-state index < -0.39 is 0 Å². The summed E-state index contributed by atoms with van der Waals surface area (Å²) < 4.78 is 5.51. The van der Waals surface area contributed by atoms with Crippen LogP contribution in [0.15, 0.2) is 0 Å². The Balaban J connectivity index is 2.49. The minimum absolute atomic E-state index is 0.209. The summed E-state index contributed by atoms with van der Waals surface area (Å²) in [5.41, 5.74) is 6.13. The zero-order valence-corrected chi connectivity index (χ0v) is 11.7. The van der Waals surface area contributed by atoms with Gasteiger partial charge in [0.05, 0.1) is 6.61 Å². The van der Waals surface area contributed by atoms with E-state index in [-0.39, 0.29) is 5.41 Å². The molecule has 0 bridgehead atoms. The molecule has 0 aliphatic carbocycles. The number of ether oxygens (including phenoxy) is 1. The van der Waals surface area contributed by atoms with Crippen molar-refractivity contribution in [1.29, 1.82) is 0 Å². The number of thioether (sulfide) groups is 1. The molecule has 96 valence electrons. The van der Waals surface area contributed by atoms with Crippen LogP contribution in [-0.4, -0.2) is 56.3 Å². The average molecular weight is 246 g/mol. The monoisotopic (exact) mass is 246 g/mol. The number of nitrogens with zero attached hydrogens (tertiary/aromatic N) is 1. The van der Waals surface area contributed by atoms with Crippen molar-refractivity contribution in [3.8, 4) is 0 Å². The molecular formula is C12H26N2OS. The Morgan fingerprint density at radius 2 is 2.31 bits per heavy atom. The van der Waals surface area contributed by atoms with E-state index in [9.17, 15) is 0 Å². The first-order valence-electron chi connectivity index (χ1n) is 6.14. The lowest BCUT2D eigenvalue weighted by Gasteiger charge is -2.35. The minimum Gasteiger partial charge on any atom is -0.381 e. The van der Waals surface area contributed by atoms with E-state index in [1.54, 1.807) is 0 Å². The van der Waals surface area contributed by atoms with Gasteiger partial charge < -0.3 is 15.4 Å². The highest BCUT2D eigenvalue weighted by atomic mass is 32.2. The van der Waals surface area contributed by atoms with Gasteiger partial charge in [0.15, 0.2) is 0 Å². The zero-order valence-electron chi connectivity index (χ0n) is 10.9. The third-order valence-corrected chi connectivity index (χ3v) is 4.37. The molecule has 0 aromatic heterocycles. The molecule has 1 fully saturated rings. The van der Waals surface area contributed by atoms with Crippen LogP contribution in [0.5, 0.6) is 0 Å². The second kappa shape index (κ2) is 6.84. The van der Waals surface area contributed by atoms with Crippen molar-refractivity contribution >= 4 is 11.8 Å². The molecule has 1 aliphatic rings. The summed E-state index contributed by atoms with van der Waals surface area (Å²) in [6.07, 6.45) is 4.50. The van der Waals surface area contributed by atoms with E-state index in [4.69, 9.17) is 10.5 Å². The second-order valence-corrected chi connectivity index (χ2v) is 5.85. The highest BCUT2D eigenvalue weighted by Crippen LogP contribution is 2.29. The van der Waals surface area contributed by atoms with Crippen LogP contribution in [-0.2, 0) is 4.74 Å². The van der Waals surface area contributed by atoms with E-state index >= 15 is 0 Å². The summed E-state index contributed by atoms with van der Waals surface area (Å²) >= 11 is 1.92. The fourth-order valence-electron chi connectivity index (χ4n) is 2.41. The Labute approximate surface area is 104 Å². The summed E-state index contributed by atoms with van der Waals surface area (Å²) in [5, 5.41) is 0. The second-order valence-electron chi connectivity index (χ2n) is 4.94. The van der Waals surface area contributed by atoms with Crippen LogP contribution in [0, 0.1) is 5.41 Å². The van der Waals surface area contributed by atoms with E-state index in [0.29, 0.717) is 6.04 Å². The Hall–Kier alpha value is 0.230. The maximum Gasteiger partial charge on any atom is 0.0547 e. The van der Waals surface area contributed by atoms with Gasteiger partial charge in [-0.2, -0.15) is 11.8 Å². The van der Waals surface area contributed by atoms with Gasteiger partial charge >= 0.3 is 0 Å². The predicted molar refractivity (Wildman–Crippen MR) is 72.0 cm³/mol. The Morgan fingerprint density at radius 3 is 2.75 bits per heavy atom. The summed E-state index contributed by atoms with van der Waals surface area (Å²) in [5.74, 6) is 1.20. The van der Waals surface area contributed by atoms with Gasteiger partial charge in [-0.05, 0) is 26.1 Å². The molecule has 1 heterocycles. The quantitative estimate of drug-likeness (QED) is 0.737. The predicted octanol–water partition coefficient (Wildman–Crippen LogP) is 1.43. The van der Waals surface area contributed by atoms with Gasteiger partial charge in [-0.1, -0.05) is 6.92 Å². The SMILES string of the molecule is CCC(CSC)N(C)CC1(CN)CCOC1. The molecule has 0 saturated carbocycles. The molecule has 0 aromatic carbocycles. The Kier molecular flexibility index (Phi) is 6.11. The van der Waals surface area contributed by atoms with Gasteiger partial charge in [0, 0.05) is 36.9 Å². The van der Waals surface area contributed by atoms with Crippen molar-refractivity contribution in [2.45, 2.75) is 25.8 Å². The van der Waals surface area contributed by atoms with Crippen molar-refractivity contribution in [1.82, 2.24) is 4.90 Å². The fraction of sp³-hybridized carbons (Fsp3) is 1.00. The highest BCUT2D eigenvalue weighted by Gasteiger charge is 2.35. The molecule has 1 rings (SSSR count). The van der Waals surface area contributed by atoms with Crippen LogP contribution >= 0.6 is 11.8 Å². The molecule has 4 heteroatoms. The lowest BCUT2D eigenvalue weighted by molar-refractivity contribution is 0.110. The molecule has 0 amide bonds. The summed E-state index contributed by atoms with van der Waals surface area (Å²) in [6, 6.07) is 0.666. The lowest BCUT2D eigenvalue weighted by Crippen LogP contribution is -2.46. The van der Waals surface area contributed by atoms with Gasteiger partial charge in [-0.3, -0.25) is 0 Å². The zero-order chi connectivity index (χ0) is 12.0. The van der Waals surface area contributed by atoms with Crippen molar-refractivity contribution in [3.05, 3.63) is 0 Å². The molecule has 2 N–H and O–H groups in total. The van der Waals surface area contributed by atoms with Gasteiger partial charge in [-0.25, -0.2) is 0 Å². The molecule has 0 spiro atoms. The van der Waals surface area contributed by atoms with Gasteiger partial charge in [0.2, 0.25) is 0 Å². The molecule has 0 aromatic rings. The van der Waals surface area contributed by atoms with Gasteiger partial charge in [-0.15, -0.1) is 0 Å². The van der Waals surface area contributed by atoms with E-state index in [1.807, 2.05) is 11.8 Å². The number of nitrogens with two attached hydrogens (primary N) is 1. The summed E-state index contributed by atoms with van der Waals surface area (Å²) in [7, 11) is 2.22. The third kappa shape index (κ3) is 3.62. The highest BCUT2D eigenvalue weighted by molar-refractivity contribution is 7.98. The number of rotatable bonds is 7. The van der Waals surface area contributed by atoms with Crippen molar-refractivity contribution in [2.75, 3.05) is 45.4 Å². The number of hydrogen-bond donors (Lipinski definition) is 1. The molecule has 3 nitrogen and oxygen atoms in total. The molecular weight excluding hydrogens is 220 g/mol. The van der Waals surface area contributed by atoms with Crippen LogP contribution in [0.1, 0.15) is 19.8 Å². The molecule has 1 saturated heterocycles. The van der Waals surface area contributed by atoms with Crippen molar-refractivity contribution < 1.29 is 4.74 Å². The van der Waals surface area contributed by atoms with Crippen LogP contribution in [0.25, 0.3) is 0 Å². The maximum absolute atomic E-state index is 5.92. The first kappa shape index (κ1) is 14.3. The molecule has 2 unspecified atom stereocenters. The van der Waals surface area contributed by atoms with Gasteiger partial charge in [0.1, 0.15) is 0 Å². The van der Waals surface area contributed by atoms with Crippen LogP contribution < -0.4 is 5.73 Å². The molecule has 2 atom stereocenters. The van der Waals surface area contributed by atoms with E-state index in [1.165, 1.54) is 12.2 Å². The van der Waals surface area contributed by atoms with Crippen LogP contribution in [0.3, 0.4) is 0 Å². The Bertz CT molecular complexity index is 195. The van der Waals surface area contributed by atoms with E-state index in [0.717, 1.165) is 32.7 Å². The largest absolute Gasteiger partial charge is 0.381 e. The average Bonchev–Trinajstić information content (AvgIpc) is 2.75. The first-order valence-corrected chi connectivity index (χ1v) is 7.54.